The van der Waals surface area contributed by atoms with Crippen LogP contribution in [0.4, 0.5) is 5.69 Å². The minimum absolute atomic E-state index is 0.630. The third-order valence-corrected chi connectivity index (χ3v) is 4.16. The summed E-state index contributed by atoms with van der Waals surface area (Å²) in [6, 6.07) is 11.1. The van der Waals surface area contributed by atoms with Crippen molar-refractivity contribution < 1.29 is 4.42 Å². The van der Waals surface area contributed by atoms with Gasteiger partial charge in [-0.15, -0.1) is 0 Å². The van der Waals surface area contributed by atoms with E-state index in [1.165, 1.54) is 24.1 Å². The average molecular weight is 335 g/mol. The fourth-order valence-corrected chi connectivity index (χ4v) is 2.89. The Hall–Kier alpha value is -1.26. The first-order chi connectivity index (χ1) is 9.78. The van der Waals surface area contributed by atoms with Gasteiger partial charge in [0.05, 0.1) is 12.8 Å². The molecular weight excluding hydrogens is 316 g/mol. The molecule has 0 saturated heterocycles. The Balaban J connectivity index is 1.92. The fourth-order valence-electron chi connectivity index (χ4n) is 2.54. The van der Waals surface area contributed by atoms with Gasteiger partial charge >= 0.3 is 0 Å². The molecule has 0 amide bonds. The topological polar surface area (TPSA) is 42.4 Å². The summed E-state index contributed by atoms with van der Waals surface area (Å²) in [5.41, 5.74) is 8.34. The van der Waals surface area contributed by atoms with Gasteiger partial charge in [0.15, 0.2) is 0 Å². The van der Waals surface area contributed by atoms with Crippen LogP contribution in [0, 0.1) is 0 Å². The predicted octanol–water partition coefficient (Wildman–Crippen LogP) is 3.71. The number of furan rings is 1. The molecule has 1 fully saturated rings. The number of rotatable bonds is 6. The first kappa shape index (κ1) is 13.7. The van der Waals surface area contributed by atoms with Crippen LogP contribution in [0.5, 0.6) is 0 Å². The van der Waals surface area contributed by atoms with Crippen LogP contribution in [0.3, 0.4) is 0 Å². The van der Waals surface area contributed by atoms with E-state index in [0.29, 0.717) is 12.6 Å². The van der Waals surface area contributed by atoms with E-state index in [0.717, 1.165) is 23.2 Å². The van der Waals surface area contributed by atoms with E-state index in [2.05, 4.69) is 39.0 Å². The molecule has 1 saturated carbocycles. The molecule has 106 valence electrons. The molecule has 0 atom stereocenters. The van der Waals surface area contributed by atoms with Gasteiger partial charge in [0.25, 0.3) is 0 Å². The van der Waals surface area contributed by atoms with Crippen molar-refractivity contribution in [3.05, 3.63) is 52.4 Å². The number of anilines is 1. The van der Waals surface area contributed by atoms with Gasteiger partial charge in [-0.05, 0) is 55.6 Å². The van der Waals surface area contributed by atoms with E-state index >= 15 is 0 Å². The Morgan fingerprint density at radius 3 is 2.80 bits per heavy atom. The van der Waals surface area contributed by atoms with Crippen molar-refractivity contribution in [2.24, 2.45) is 5.73 Å². The summed E-state index contributed by atoms with van der Waals surface area (Å²) in [6.07, 6.45) is 5.16. The molecule has 2 aromatic rings. The lowest BCUT2D eigenvalue weighted by Crippen LogP contribution is -2.26. The fraction of sp³-hybridized carbons (Fsp3) is 0.375. The van der Waals surface area contributed by atoms with Crippen molar-refractivity contribution in [1.82, 2.24) is 0 Å². The van der Waals surface area contributed by atoms with Crippen LogP contribution in [0.1, 0.15) is 24.2 Å². The number of nitrogens with two attached hydrogens (primary N) is 1. The first-order valence-corrected chi connectivity index (χ1v) is 7.85. The van der Waals surface area contributed by atoms with E-state index in [1.54, 1.807) is 6.26 Å². The maximum absolute atomic E-state index is 5.75. The van der Waals surface area contributed by atoms with Crippen molar-refractivity contribution >= 4 is 21.6 Å². The number of halogens is 1. The summed E-state index contributed by atoms with van der Waals surface area (Å²) >= 11 is 3.58. The van der Waals surface area contributed by atoms with Crippen LogP contribution in [0.2, 0.25) is 0 Å². The highest BCUT2D eigenvalue weighted by atomic mass is 79.9. The van der Waals surface area contributed by atoms with Gasteiger partial charge in [-0.1, -0.05) is 22.0 Å². The molecule has 0 bridgehead atoms. The molecular formula is C16H19BrN2O. The molecule has 4 heteroatoms. The van der Waals surface area contributed by atoms with E-state index in [1.807, 2.05) is 12.1 Å². The Bertz CT molecular complexity index is 564. The molecule has 0 radical (unpaired) electrons. The molecule has 1 aromatic carbocycles. The van der Waals surface area contributed by atoms with Crippen LogP contribution in [0.15, 0.2) is 45.5 Å². The lowest BCUT2D eigenvalue weighted by atomic mass is 10.1. The lowest BCUT2D eigenvalue weighted by molar-refractivity contribution is 0.501. The molecule has 3 rings (SSSR count). The highest BCUT2D eigenvalue weighted by Crippen LogP contribution is 2.36. The third kappa shape index (κ3) is 3.07. The molecule has 0 aliphatic heterocycles. The Labute approximate surface area is 127 Å². The predicted molar refractivity (Wildman–Crippen MR) is 84.8 cm³/mol. The Morgan fingerprint density at radius 2 is 2.15 bits per heavy atom. The molecule has 3 nitrogen and oxygen atoms in total. The third-order valence-electron chi connectivity index (χ3n) is 3.66. The Kier molecular flexibility index (Phi) is 4.13. The molecule has 1 heterocycles. The normalized spacial score (nSPS) is 14.5. The quantitative estimate of drug-likeness (QED) is 0.875. The smallest absolute Gasteiger partial charge is 0.123 e. The van der Waals surface area contributed by atoms with Crippen LogP contribution in [-0.4, -0.2) is 12.6 Å². The maximum Gasteiger partial charge on any atom is 0.123 e. The maximum atomic E-state index is 5.75. The minimum atomic E-state index is 0.630. The van der Waals surface area contributed by atoms with E-state index < -0.39 is 0 Å². The van der Waals surface area contributed by atoms with E-state index in [-0.39, 0.29) is 0 Å². The molecule has 0 unspecified atom stereocenters. The van der Waals surface area contributed by atoms with Gasteiger partial charge in [-0.25, -0.2) is 0 Å². The van der Waals surface area contributed by atoms with Gasteiger partial charge in [-0.3, -0.25) is 0 Å². The zero-order chi connectivity index (χ0) is 13.9. The van der Waals surface area contributed by atoms with Crippen LogP contribution >= 0.6 is 15.9 Å². The number of hydrogen-bond donors (Lipinski definition) is 1. The molecule has 1 aliphatic carbocycles. The number of hydrogen-bond acceptors (Lipinski definition) is 3. The largest absolute Gasteiger partial charge is 0.467 e. The number of nitrogens with zero attached hydrogens (tertiary/aromatic N) is 1. The van der Waals surface area contributed by atoms with Gasteiger partial charge in [0, 0.05) is 16.2 Å². The monoisotopic (exact) mass is 334 g/mol. The average Bonchev–Trinajstić information content (AvgIpc) is 3.15. The summed E-state index contributed by atoms with van der Waals surface area (Å²) in [7, 11) is 0. The summed E-state index contributed by atoms with van der Waals surface area (Å²) in [4.78, 5) is 2.45. The molecule has 2 N–H and O–H groups in total. The van der Waals surface area contributed by atoms with Gasteiger partial charge in [0.2, 0.25) is 0 Å². The van der Waals surface area contributed by atoms with Crippen molar-refractivity contribution in [2.45, 2.75) is 31.8 Å². The summed E-state index contributed by atoms with van der Waals surface area (Å²) in [5.74, 6) is 1.01. The highest BCUT2D eigenvalue weighted by molar-refractivity contribution is 9.10. The van der Waals surface area contributed by atoms with E-state index in [9.17, 15) is 0 Å². The molecule has 1 aromatic heterocycles. The summed E-state index contributed by atoms with van der Waals surface area (Å²) < 4.78 is 6.63. The van der Waals surface area contributed by atoms with E-state index in [4.69, 9.17) is 10.2 Å². The highest BCUT2D eigenvalue weighted by Gasteiger charge is 2.31. The lowest BCUT2D eigenvalue weighted by Gasteiger charge is -2.26. The zero-order valence-electron chi connectivity index (χ0n) is 11.4. The SMILES string of the molecule is NCCc1ccc(Br)cc1N(Cc1ccco1)C1CC1. The summed E-state index contributed by atoms with van der Waals surface area (Å²) in [5, 5.41) is 0. The zero-order valence-corrected chi connectivity index (χ0v) is 13.0. The second-order valence-electron chi connectivity index (χ2n) is 5.25. The second-order valence-corrected chi connectivity index (χ2v) is 6.17. The van der Waals surface area contributed by atoms with Crippen LogP contribution in [0.25, 0.3) is 0 Å². The van der Waals surface area contributed by atoms with Gasteiger partial charge in [-0.2, -0.15) is 0 Å². The molecule has 0 spiro atoms. The van der Waals surface area contributed by atoms with Crippen molar-refractivity contribution in [2.75, 3.05) is 11.4 Å². The van der Waals surface area contributed by atoms with Crippen LogP contribution < -0.4 is 10.6 Å². The standard InChI is InChI=1S/C16H19BrN2O/c17-13-4-3-12(7-8-18)16(10-13)19(14-5-6-14)11-15-2-1-9-20-15/h1-4,9-10,14H,5-8,11,18H2. The molecule has 1 aliphatic rings. The second kappa shape index (κ2) is 6.02. The minimum Gasteiger partial charge on any atom is -0.467 e. The Morgan fingerprint density at radius 1 is 1.30 bits per heavy atom. The van der Waals surface area contributed by atoms with Crippen LogP contribution in [-0.2, 0) is 13.0 Å². The molecule has 20 heavy (non-hydrogen) atoms. The van der Waals surface area contributed by atoms with Crippen molar-refractivity contribution in [1.29, 1.82) is 0 Å². The van der Waals surface area contributed by atoms with Crippen molar-refractivity contribution in [3.63, 3.8) is 0 Å². The van der Waals surface area contributed by atoms with Crippen molar-refractivity contribution in [3.8, 4) is 0 Å². The number of benzene rings is 1. The van der Waals surface area contributed by atoms with Gasteiger partial charge in [0.1, 0.15) is 5.76 Å². The summed E-state index contributed by atoms with van der Waals surface area (Å²) in [6.45, 7) is 1.50. The first-order valence-electron chi connectivity index (χ1n) is 7.05. The van der Waals surface area contributed by atoms with Gasteiger partial charge < -0.3 is 15.1 Å².